The third kappa shape index (κ3) is 8.52. The van der Waals surface area contributed by atoms with E-state index < -0.39 is 40.5 Å². The minimum Gasteiger partial charge on any atom is -0.497 e. The largest absolute Gasteiger partial charge is 0.497 e. The molecule has 1 atom stereocenters. The molecule has 1 unspecified atom stereocenters. The summed E-state index contributed by atoms with van der Waals surface area (Å²) in [4.78, 5) is 87.4. The minimum atomic E-state index is -1.12. The molecule has 2 aromatic heterocycles. The highest BCUT2D eigenvalue weighted by atomic mass is 16.5. The number of carbonyl (C=O) groups is 3. The van der Waals surface area contributed by atoms with Crippen LogP contribution in [0.25, 0.3) is 38.3 Å². The van der Waals surface area contributed by atoms with Crippen LogP contribution >= 0.6 is 0 Å². The number of nitrogens with one attached hydrogen (secondary N) is 1. The Morgan fingerprint density at radius 1 is 0.651 bits per heavy atom. The van der Waals surface area contributed by atoms with Gasteiger partial charge in [0.1, 0.15) is 5.75 Å². The van der Waals surface area contributed by atoms with E-state index in [0.717, 1.165) is 26.5 Å². The van der Waals surface area contributed by atoms with Crippen LogP contribution in [0, 0.1) is 0 Å². The number of aromatic nitrogens is 4. The molecule has 0 aliphatic carbocycles. The topological polar surface area (TPSA) is 201 Å². The summed E-state index contributed by atoms with van der Waals surface area (Å²) < 4.78 is 10.0. The normalized spacial score (nSPS) is 11.5. The number of nitrogens with zero attached hydrogens (tertiary/aromatic N) is 4. The van der Waals surface area contributed by atoms with Crippen LogP contribution in [0.1, 0.15) is 50.4 Å². The van der Waals surface area contributed by atoms with Gasteiger partial charge in [-0.2, -0.15) is 0 Å². The van der Waals surface area contributed by atoms with Gasteiger partial charge in [-0.3, -0.25) is 32.9 Å². The maximum Gasteiger partial charge on any atom is 0.335 e. The summed E-state index contributed by atoms with van der Waals surface area (Å²) in [6, 6.07) is 35.3. The quantitative estimate of drug-likeness (QED) is 0.160. The van der Waals surface area contributed by atoms with E-state index in [0.29, 0.717) is 34.6 Å². The Morgan fingerprint density at radius 3 is 1.89 bits per heavy atom. The number of carboxylic acid groups (broad SMARTS) is 2. The van der Waals surface area contributed by atoms with Crippen molar-refractivity contribution in [2.24, 2.45) is 14.1 Å². The van der Waals surface area contributed by atoms with Crippen molar-refractivity contribution < 1.29 is 29.3 Å². The van der Waals surface area contributed by atoms with E-state index in [-0.39, 0.29) is 34.2 Å². The molecule has 0 aliphatic heterocycles. The van der Waals surface area contributed by atoms with Crippen molar-refractivity contribution in [3.63, 3.8) is 0 Å². The average Bonchev–Trinajstić information content (AvgIpc) is 3.29. The van der Waals surface area contributed by atoms with Gasteiger partial charge in [-0.05, 0) is 95.1 Å². The van der Waals surface area contributed by atoms with Gasteiger partial charge in [-0.1, -0.05) is 66.7 Å². The van der Waals surface area contributed by atoms with Crippen molar-refractivity contribution in [1.29, 1.82) is 0 Å². The van der Waals surface area contributed by atoms with Crippen molar-refractivity contribution >= 4 is 50.4 Å². The van der Waals surface area contributed by atoms with E-state index in [4.69, 9.17) is 9.84 Å². The molecule has 318 valence electrons. The molecule has 6 aromatic carbocycles. The third-order valence-corrected chi connectivity index (χ3v) is 10.9. The Kier molecular flexibility index (Phi) is 12.0. The third-order valence-electron chi connectivity index (χ3n) is 10.9. The Balaban J connectivity index is 0.000000193. The number of methoxy groups -OCH3 is 1. The fourth-order valence-corrected chi connectivity index (χ4v) is 7.50. The number of aryl methyl sites for hydroxylation is 2. The molecule has 0 radical (unpaired) electrons. The van der Waals surface area contributed by atoms with Crippen LogP contribution in [0.2, 0.25) is 0 Å². The second-order valence-electron chi connectivity index (χ2n) is 14.8. The number of carboxylic acids is 2. The SMILES string of the molecule is CC(c1cccc2ccccc12)n1c(=O)c2cc(C(=O)O)ccc2n(C)c1=O.COc1ccc(CNC(=O)c2ccc3c(c2)c(=O)n(-c2ccc(CC(=O)O)cc2)c(=O)n3C)cc1. The molecular weight excluding hydrogens is 807 g/mol. The molecule has 0 fully saturated rings. The fourth-order valence-electron chi connectivity index (χ4n) is 7.50. The first kappa shape index (κ1) is 42.8. The zero-order valence-corrected chi connectivity index (χ0v) is 34.6. The van der Waals surface area contributed by atoms with Crippen LogP contribution in [0.15, 0.2) is 147 Å². The van der Waals surface area contributed by atoms with Crippen LogP contribution in [-0.4, -0.2) is 53.4 Å². The number of amides is 1. The molecule has 0 saturated heterocycles. The first-order valence-corrected chi connectivity index (χ1v) is 19.6. The van der Waals surface area contributed by atoms with Crippen molar-refractivity contribution in [3.8, 4) is 11.4 Å². The second kappa shape index (κ2) is 17.7. The zero-order chi connectivity index (χ0) is 45.1. The molecular formula is C48H41N5O10. The lowest BCUT2D eigenvalue weighted by Gasteiger charge is -2.19. The molecule has 0 spiro atoms. The molecule has 1 amide bonds. The lowest BCUT2D eigenvalue weighted by Crippen LogP contribution is -2.41. The summed E-state index contributed by atoms with van der Waals surface area (Å²) in [5.74, 6) is -1.74. The Labute approximate surface area is 357 Å². The number of benzene rings is 6. The van der Waals surface area contributed by atoms with E-state index in [1.807, 2.05) is 54.6 Å². The fraction of sp³-hybridized carbons (Fsp3) is 0.146. The summed E-state index contributed by atoms with van der Waals surface area (Å²) in [5.41, 5.74) is 1.61. The molecule has 0 saturated carbocycles. The zero-order valence-electron chi connectivity index (χ0n) is 34.6. The Bertz CT molecular complexity index is 3340. The standard InChI is InChI=1S/C26H23N3O6.C22H18N2O4/c1-28-22-12-7-18(24(32)27-15-17-5-10-20(35-2)11-6-17)14-21(22)25(33)29(26(28)34)19-8-3-16(4-9-19)13-23(30)31;1-13(16-9-5-7-14-6-3-4-8-17(14)16)24-20(25)18-12-15(21(26)27)10-11-19(18)23(2)22(24)28/h3-12,14H,13,15H2,1-2H3,(H,27,32)(H,30,31);3-13H,1-2H3,(H,26,27). The van der Waals surface area contributed by atoms with Gasteiger partial charge in [0.25, 0.3) is 17.0 Å². The first-order chi connectivity index (χ1) is 30.2. The highest BCUT2D eigenvalue weighted by Crippen LogP contribution is 2.26. The van der Waals surface area contributed by atoms with Gasteiger partial charge < -0.3 is 20.3 Å². The van der Waals surface area contributed by atoms with E-state index in [2.05, 4.69) is 5.32 Å². The highest BCUT2D eigenvalue weighted by molar-refractivity contribution is 5.98. The maximum atomic E-state index is 13.3. The lowest BCUT2D eigenvalue weighted by molar-refractivity contribution is -0.136. The van der Waals surface area contributed by atoms with Crippen LogP contribution in [-0.2, 0) is 31.9 Å². The molecule has 8 rings (SSSR count). The maximum absolute atomic E-state index is 13.3. The number of carbonyl (C=O) groups excluding carboxylic acids is 1. The Morgan fingerprint density at radius 2 is 1.24 bits per heavy atom. The van der Waals surface area contributed by atoms with Crippen molar-refractivity contribution in [2.75, 3.05) is 7.11 Å². The lowest BCUT2D eigenvalue weighted by atomic mass is 9.99. The summed E-state index contributed by atoms with van der Waals surface area (Å²) >= 11 is 0. The summed E-state index contributed by atoms with van der Waals surface area (Å²) in [7, 11) is 4.70. The van der Waals surface area contributed by atoms with Crippen LogP contribution in [0.3, 0.4) is 0 Å². The van der Waals surface area contributed by atoms with Gasteiger partial charge in [0.2, 0.25) is 0 Å². The molecule has 63 heavy (non-hydrogen) atoms. The summed E-state index contributed by atoms with van der Waals surface area (Å²) in [5, 5.41) is 23.4. The smallest absolute Gasteiger partial charge is 0.335 e. The second-order valence-corrected chi connectivity index (χ2v) is 14.8. The van der Waals surface area contributed by atoms with Gasteiger partial charge in [-0.15, -0.1) is 0 Å². The number of hydrogen-bond acceptors (Lipinski definition) is 8. The van der Waals surface area contributed by atoms with Crippen LogP contribution in [0.4, 0.5) is 0 Å². The molecule has 0 aliphatic rings. The minimum absolute atomic E-state index is 0.00705. The van der Waals surface area contributed by atoms with E-state index in [1.165, 1.54) is 50.1 Å². The molecule has 2 heterocycles. The number of ether oxygens (including phenoxy) is 1. The van der Waals surface area contributed by atoms with Gasteiger partial charge in [0.15, 0.2) is 0 Å². The van der Waals surface area contributed by atoms with Crippen LogP contribution in [0.5, 0.6) is 5.75 Å². The van der Waals surface area contributed by atoms with Crippen molar-refractivity contribution in [3.05, 3.63) is 197 Å². The monoisotopic (exact) mass is 847 g/mol. The number of aromatic carboxylic acids is 1. The van der Waals surface area contributed by atoms with Gasteiger partial charge in [0, 0.05) is 26.2 Å². The molecule has 8 aromatic rings. The molecule has 15 heteroatoms. The van der Waals surface area contributed by atoms with Crippen molar-refractivity contribution in [2.45, 2.75) is 25.9 Å². The highest BCUT2D eigenvalue weighted by Gasteiger charge is 2.20. The van der Waals surface area contributed by atoms with Crippen molar-refractivity contribution in [1.82, 2.24) is 23.6 Å². The average molecular weight is 848 g/mol. The molecule has 15 nitrogen and oxygen atoms in total. The summed E-state index contributed by atoms with van der Waals surface area (Å²) in [6.07, 6.45) is -0.167. The van der Waals surface area contributed by atoms with Gasteiger partial charge >= 0.3 is 23.3 Å². The van der Waals surface area contributed by atoms with E-state index >= 15 is 0 Å². The number of hydrogen-bond donors (Lipinski definition) is 3. The Hall–Kier alpha value is -8.33. The molecule has 0 bridgehead atoms. The van der Waals surface area contributed by atoms with E-state index in [9.17, 15) is 38.7 Å². The first-order valence-electron chi connectivity index (χ1n) is 19.6. The van der Waals surface area contributed by atoms with Crippen LogP contribution < -0.4 is 32.6 Å². The predicted octanol–water partition coefficient (Wildman–Crippen LogP) is 5.42. The van der Waals surface area contributed by atoms with Gasteiger partial charge in [0.05, 0.1) is 52.6 Å². The number of aliphatic carboxylic acids is 1. The number of rotatable bonds is 10. The van der Waals surface area contributed by atoms with E-state index in [1.54, 1.807) is 64.5 Å². The molecule has 3 N–H and O–H groups in total. The predicted molar refractivity (Wildman–Crippen MR) is 238 cm³/mol. The summed E-state index contributed by atoms with van der Waals surface area (Å²) in [6.45, 7) is 2.10. The number of fused-ring (bicyclic) bond motifs is 3. The van der Waals surface area contributed by atoms with Gasteiger partial charge in [-0.25, -0.2) is 19.0 Å².